The number of para-hydroxylation sites is 1. The summed E-state index contributed by atoms with van der Waals surface area (Å²) in [6, 6.07) is 16.7. The fourth-order valence-corrected chi connectivity index (χ4v) is 7.12. The van der Waals surface area contributed by atoms with E-state index in [9.17, 15) is 23.2 Å². The number of ether oxygens (including phenoxy) is 3. The number of methoxy groups -OCH3 is 1. The van der Waals surface area contributed by atoms with Crippen LogP contribution in [-0.2, 0) is 30.7 Å². The number of hydrogen-bond acceptors (Lipinski definition) is 8. The van der Waals surface area contributed by atoms with E-state index in [0.29, 0.717) is 34.3 Å². The average molecular weight is 624 g/mol. The Morgan fingerprint density at radius 3 is 2.50 bits per heavy atom. The number of aromatic nitrogens is 1. The van der Waals surface area contributed by atoms with Gasteiger partial charge in [0.25, 0.3) is 5.91 Å². The van der Waals surface area contributed by atoms with Crippen LogP contribution in [0.15, 0.2) is 77.8 Å². The van der Waals surface area contributed by atoms with Crippen LogP contribution >= 0.6 is 0 Å². The molecule has 0 radical (unpaired) electrons. The van der Waals surface area contributed by atoms with Crippen molar-refractivity contribution in [2.75, 3.05) is 41.0 Å². The average Bonchev–Trinajstić information content (AvgIpc) is 3.78. The van der Waals surface area contributed by atoms with Crippen molar-refractivity contribution >= 4 is 21.9 Å². The Morgan fingerprint density at radius 1 is 1.05 bits per heavy atom. The summed E-state index contributed by atoms with van der Waals surface area (Å²) < 4.78 is 48.1. The van der Waals surface area contributed by atoms with Crippen molar-refractivity contribution < 1.29 is 36.9 Å². The van der Waals surface area contributed by atoms with Gasteiger partial charge in [-0.25, -0.2) is 8.42 Å². The zero-order valence-electron chi connectivity index (χ0n) is 25.0. The van der Waals surface area contributed by atoms with Crippen LogP contribution in [0.5, 0.6) is 5.75 Å². The first-order valence-electron chi connectivity index (χ1n) is 14.5. The van der Waals surface area contributed by atoms with Crippen LogP contribution in [0.2, 0.25) is 0 Å². The molecule has 2 aliphatic rings. The summed E-state index contributed by atoms with van der Waals surface area (Å²) >= 11 is 0. The Balaban J connectivity index is 1.52. The number of pyridine rings is 1. The molecule has 234 valence electrons. The van der Waals surface area contributed by atoms with Crippen LogP contribution in [-0.4, -0.2) is 82.6 Å². The zero-order valence-corrected chi connectivity index (χ0v) is 25.8. The quantitative estimate of drug-likeness (QED) is 0.171. The summed E-state index contributed by atoms with van der Waals surface area (Å²) in [5.41, 5.74) is 1.32. The summed E-state index contributed by atoms with van der Waals surface area (Å²) in [4.78, 5) is 27.8. The number of hydrogen-bond donors (Lipinski definition) is 0. The van der Waals surface area contributed by atoms with Crippen molar-refractivity contribution in [1.82, 2.24) is 9.21 Å². The van der Waals surface area contributed by atoms with Gasteiger partial charge in [0.2, 0.25) is 10.0 Å². The van der Waals surface area contributed by atoms with Gasteiger partial charge in [-0.15, -0.1) is 0 Å². The highest BCUT2D eigenvalue weighted by Gasteiger charge is 2.54. The molecule has 2 aromatic carbocycles. The van der Waals surface area contributed by atoms with Crippen LogP contribution in [0.1, 0.15) is 40.4 Å². The van der Waals surface area contributed by atoms with Crippen molar-refractivity contribution in [2.45, 2.75) is 42.2 Å². The lowest BCUT2D eigenvalue weighted by atomic mass is 9.92. The molecule has 3 aromatic rings. The van der Waals surface area contributed by atoms with E-state index in [4.69, 9.17) is 14.2 Å². The first-order chi connectivity index (χ1) is 21.1. The summed E-state index contributed by atoms with van der Waals surface area (Å²) in [6.07, 6.45) is 2.64. The largest absolute Gasteiger partial charge is 0.619 e. The van der Waals surface area contributed by atoms with Gasteiger partial charge in [-0.2, -0.15) is 9.04 Å². The molecular formula is C32H37N3O8S. The van der Waals surface area contributed by atoms with Gasteiger partial charge in [-0.3, -0.25) is 9.59 Å². The van der Waals surface area contributed by atoms with Crippen LogP contribution in [0.25, 0.3) is 0 Å². The Hall–Kier alpha value is -4.00. The van der Waals surface area contributed by atoms with Gasteiger partial charge in [0.05, 0.1) is 24.5 Å². The first kappa shape index (κ1) is 31.4. The fourth-order valence-electron chi connectivity index (χ4n) is 5.46. The van der Waals surface area contributed by atoms with Crippen LogP contribution < -0.4 is 9.47 Å². The molecule has 11 nitrogen and oxygen atoms in total. The second-order valence-electron chi connectivity index (χ2n) is 11.3. The summed E-state index contributed by atoms with van der Waals surface area (Å²) in [6.45, 7) is 0.168. The predicted molar refractivity (Wildman–Crippen MR) is 160 cm³/mol. The maximum absolute atomic E-state index is 14.3. The topological polar surface area (TPSA) is 129 Å². The van der Waals surface area contributed by atoms with Crippen molar-refractivity contribution in [3.8, 4) is 5.75 Å². The van der Waals surface area contributed by atoms with Crippen molar-refractivity contribution in [3.63, 3.8) is 0 Å². The number of amides is 1. The number of nitrogens with zero attached hydrogens (tertiary/aromatic N) is 3. The normalized spacial score (nSPS) is 20.3. The van der Waals surface area contributed by atoms with Gasteiger partial charge in [0.1, 0.15) is 18.4 Å². The molecule has 5 rings (SSSR count). The lowest BCUT2D eigenvalue weighted by Gasteiger charge is -2.27. The third-order valence-electron chi connectivity index (χ3n) is 8.00. The molecule has 3 atom stereocenters. The third-order valence-corrected chi connectivity index (χ3v) is 9.84. The highest BCUT2D eigenvalue weighted by Crippen LogP contribution is 2.42. The lowest BCUT2D eigenvalue weighted by Crippen LogP contribution is -2.47. The number of benzene rings is 2. The number of carbonyl (C=O) groups is 2. The van der Waals surface area contributed by atoms with Crippen LogP contribution in [0.3, 0.4) is 0 Å². The highest BCUT2D eigenvalue weighted by atomic mass is 32.2. The van der Waals surface area contributed by atoms with Crippen LogP contribution in [0, 0.1) is 11.1 Å². The standard InChI is InChI=1S/C32H37N3O8S/c1-33(2)31(36)23-9-8-11-25(19-23)44(39,40)35-20-27(26-12-4-5-13-28(26)41-3)30(43-21-22-14-15-22)29(35)32(37)42-18-16-24-10-6-7-17-34(24)38/h4-13,17,19,22,27,29-30H,14-16,18,20-21H2,1-3H3. The monoisotopic (exact) mass is 623 g/mol. The molecule has 12 heteroatoms. The maximum atomic E-state index is 14.3. The Labute approximate surface area is 257 Å². The smallest absolute Gasteiger partial charge is 0.327 e. The van der Waals surface area contributed by atoms with Crippen molar-refractivity contribution in [1.29, 1.82) is 0 Å². The molecular weight excluding hydrogens is 586 g/mol. The van der Waals surface area contributed by atoms with Gasteiger partial charge >= 0.3 is 5.97 Å². The molecule has 2 fully saturated rings. The van der Waals surface area contributed by atoms with E-state index in [-0.39, 0.29) is 35.9 Å². The maximum Gasteiger partial charge on any atom is 0.327 e. The van der Waals surface area contributed by atoms with Gasteiger partial charge in [-0.05, 0) is 43.0 Å². The molecule has 0 bridgehead atoms. The second kappa shape index (κ2) is 13.3. The highest BCUT2D eigenvalue weighted by molar-refractivity contribution is 7.89. The number of rotatable bonds is 12. The zero-order chi connectivity index (χ0) is 31.4. The van der Waals surface area contributed by atoms with Crippen molar-refractivity contribution in [2.24, 2.45) is 5.92 Å². The molecule has 3 unspecified atom stereocenters. The SMILES string of the molecule is COc1ccccc1C1CN(S(=O)(=O)c2cccc(C(=O)N(C)C)c2)C(C(=O)OCCc2cccc[n+]2[O-])C1OCC1CC1. The van der Waals surface area contributed by atoms with E-state index in [1.54, 1.807) is 44.4 Å². The summed E-state index contributed by atoms with van der Waals surface area (Å²) in [5, 5.41) is 12.1. The molecule has 0 spiro atoms. The van der Waals surface area contributed by atoms with Crippen LogP contribution in [0.4, 0.5) is 0 Å². The second-order valence-corrected chi connectivity index (χ2v) is 13.2. The summed E-state index contributed by atoms with van der Waals surface area (Å²) in [5.74, 6) is -0.794. The molecule has 1 amide bonds. The minimum Gasteiger partial charge on any atom is -0.619 e. The molecule has 1 aliphatic carbocycles. The van der Waals surface area contributed by atoms with Gasteiger partial charge in [0, 0.05) is 56.4 Å². The van der Waals surface area contributed by atoms with E-state index < -0.39 is 34.1 Å². The molecule has 44 heavy (non-hydrogen) atoms. The molecule has 1 saturated carbocycles. The molecule has 2 heterocycles. The number of esters is 1. The van der Waals surface area contributed by atoms with Gasteiger partial charge < -0.3 is 24.3 Å². The molecule has 1 saturated heterocycles. The Bertz CT molecular complexity index is 1610. The fraction of sp³-hybridized carbons (Fsp3) is 0.406. The minimum absolute atomic E-state index is 0.0804. The predicted octanol–water partition coefficient (Wildman–Crippen LogP) is 2.77. The van der Waals surface area contributed by atoms with Gasteiger partial charge in [-0.1, -0.05) is 30.3 Å². The van der Waals surface area contributed by atoms with E-state index in [1.807, 2.05) is 18.2 Å². The number of sulfonamides is 1. The molecule has 1 aliphatic heterocycles. The molecule has 0 N–H and O–H groups in total. The Kier molecular flexibility index (Phi) is 9.52. The number of carbonyl (C=O) groups excluding carboxylic acids is 2. The van der Waals surface area contributed by atoms with Gasteiger partial charge in [0.15, 0.2) is 11.9 Å². The van der Waals surface area contributed by atoms with E-state index in [0.717, 1.165) is 17.1 Å². The van der Waals surface area contributed by atoms with Crippen molar-refractivity contribution in [3.05, 3.63) is 95.0 Å². The summed E-state index contributed by atoms with van der Waals surface area (Å²) in [7, 11) is 0.372. The minimum atomic E-state index is -4.33. The lowest BCUT2D eigenvalue weighted by molar-refractivity contribution is -0.614. The Morgan fingerprint density at radius 2 is 1.80 bits per heavy atom. The van der Waals surface area contributed by atoms with E-state index in [1.165, 1.54) is 36.4 Å². The van der Waals surface area contributed by atoms with E-state index in [2.05, 4.69) is 0 Å². The van der Waals surface area contributed by atoms with E-state index >= 15 is 0 Å². The molecule has 1 aromatic heterocycles. The third kappa shape index (κ3) is 6.72. The first-order valence-corrected chi connectivity index (χ1v) is 16.0.